The van der Waals surface area contributed by atoms with E-state index >= 15 is 0 Å². The number of carbonyl (C=O) groups is 6. The zero-order valence-electron chi connectivity index (χ0n) is 30.8. The molecule has 14 N–H and O–H groups in total. The van der Waals surface area contributed by atoms with Crippen LogP contribution in [0.5, 0.6) is 0 Å². The molecule has 0 amide bonds. The van der Waals surface area contributed by atoms with Crippen LogP contribution in [0, 0.1) is 23.7 Å². The van der Waals surface area contributed by atoms with Crippen LogP contribution >= 0.6 is 0 Å². The van der Waals surface area contributed by atoms with Crippen LogP contribution in [0.15, 0.2) is 0 Å². The van der Waals surface area contributed by atoms with Crippen molar-refractivity contribution in [2.75, 3.05) is 0 Å². The number of carbonyl (C=O) groups excluding carboxylic acids is 2. The molecule has 0 aliphatic heterocycles. The summed E-state index contributed by atoms with van der Waals surface area (Å²) in [6, 6.07) is -0.432. The molecule has 0 rings (SSSR count). The van der Waals surface area contributed by atoms with E-state index in [4.69, 9.17) is 25.4 Å². The third-order valence-corrected chi connectivity index (χ3v) is 8.60. The van der Waals surface area contributed by atoms with Crippen LogP contribution in [-0.4, -0.2) is 113 Å². The fourth-order valence-electron chi connectivity index (χ4n) is 5.58. The number of hydrogen-bond acceptors (Lipinski definition) is 11. The number of ether oxygens (including phenoxy) is 2. The maximum absolute atomic E-state index is 13.0. The molecular weight excluding hydrogens is 694 g/mol. The standard InChI is InChI=1S/C34H59NO14.3H2O/c1-5-6-12-21(3)32(49-31(43)18-24(34(46)47)16-29(40)41)27(48-30(42)17-23(33(44)45)15-28(38)39)14-20(2)11-9-7-8-10-13-25(36)19-26(37)22(4)35;;;/h20-27,32,36-37H,5-19,35H2,1-4H3,(H,38,39)(H,40,41)(H,44,45)(H,46,47);3*1H2. The Morgan fingerprint density at radius 3 is 1.50 bits per heavy atom. The van der Waals surface area contributed by atoms with Crippen LogP contribution in [0.2, 0.25) is 0 Å². The molecule has 0 aromatic carbocycles. The molecule has 0 bridgehead atoms. The lowest BCUT2D eigenvalue weighted by Crippen LogP contribution is -2.42. The summed E-state index contributed by atoms with van der Waals surface area (Å²) in [5.41, 5.74) is 5.64. The lowest BCUT2D eigenvalue weighted by atomic mass is 9.87. The zero-order valence-corrected chi connectivity index (χ0v) is 30.8. The quantitative estimate of drug-likeness (QED) is 0.0415. The van der Waals surface area contributed by atoms with Crippen LogP contribution in [0.4, 0.5) is 0 Å². The molecule has 18 nitrogen and oxygen atoms in total. The van der Waals surface area contributed by atoms with Crippen molar-refractivity contribution in [3.8, 4) is 0 Å². The summed E-state index contributed by atoms with van der Waals surface area (Å²) < 4.78 is 11.5. The molecule has 308 valence electrons. The summed E-state index contributed by atoms with van der Waals surface area (Å²) in [7, 11) is 0. The number of nitrogens with two attached hydrogens (primary N) is 1. The molecule has 0 saturated carbocycles. The van der Waals surface area contributed by atoms with Gasteiger partial charge in [0.15, 0.2) is 0 Å². The van der Waals surface area contributed by atoms with E-state index < -0.39 is 110 Å². The minimum absolute atomic E-state index is 0. The van der Waals surface area contributed by atoms with Gasteiger partial charge in [0, 0.05) is 12.5 Å². The maximum atomic E-state index is 13.0. The average Bonchev–Trinajstić information content (AvgIpc) is 2.98. The minimum Gasteiger partial charge on any atom is -0.481 e. The van der Waals surface area contributed by atoms with Gasteiger partial charge in [-0.15, -0.1) is 0 Å². The van der Waals surface area contributed by atoms with Gasteiger partial charge in [-0.1, -0.05) is 65.7 Å². The van der Waals surface area contributed by atoms with Crippen molar-refractivity contribution in [2.45, 2.75) is 154 Å². The number of aliphatic hydroxyl groups excluding tert-OH is 2. The van der Waals surface area contributed by atoms with E-state index in [9.17, 15) is 49.2 Å². The third-order valence-electron chi connectivity index (χ3n) is 8.60. The Balaban J connectivity index is -0.00000384. The molecule has 0 heterocycles. The number of aliphatic carboxylic acids is 4. The minimum atomic E-state index is -1.55. The van der Waals surface area contributed by atoms with Crippen LogP contribution in [0.3, 0.4) is 0 Å². The molecular formula is C34H65NO17. The number of aliphatic hydroxyl groups is 2. The van der Waals surface area contributed by atoms with Gasteiger partial charge in [-0.25, -0.2) is 0 Å². The fraction of sp³-hybridized carbons (Fsp3) is 0.824. The largest absolute Gasteiger partial charge is 0.481 e. The molecule has 0 fully saturated rings. The summed E-state index contributed by atoms with van der Waals surface area (Å²) in [5.74, 6) is -11.3. The average molecular weight is 760 g/mol. The van der Waals surface area contributed by atoms with Gasteiger partial charge in [0.2, 0.25) is 0 Å². The van der Waals surface area contributed by atoms with Gasteiger partial charge in [-0.3, -0.25) is 28.8 Å². The van der Waals surface area contributed by atoms with Crippen LogP contribution < -0.4 is 5.73 Å². The van der Waals surface area contributed by atoms with Crippen molar-refractivity contribution < 1.29 is 85.3 Å². The van der Waals surface area contributed by atoms with Crippen LogP contribution in [0.1, 0.15) is 124 Å². The summed E-state index contributed by atoms with van der Waals surface area (Å²) >= 11 is 0. The highest BCUT2D eigenvalue weighted by molar-refractivity contribution is 5.83. The highest BCUT2D eigenvalue weighted by atomic mass is 16.6. The molecule has 52 heavy (non-hydrogen) atoms. The first-order valence-electron chi connectivity index (χ1n) is 17.3. The topological polar surface area (TPSA) is 363 Å². The fourth-order valence-corrected chi connectivity index (χ4v) is 5.58. The molecule has 0 aliphatic rings. The van der Waals surface area contributed by atoms with Crippen molar-refractivity contribution in [3.05, 3.63) is 0 Å². The Bertz CT molecular complexity index is 1040. The monoisotopic (exact) mass is 759 g/mol. The number of hydrogen-bond donors (Lipinski definition) is 7. The molecule has 18 heteroatoms. The van der Waals surface area contributed by atoms with Crippen molar-refractivity contribution in [1.29, 1.82) is 0 Å². The number of carboxylic acids is 4. The Morgan fingerprint density at radius 1 is 0.615 bits per heavy atom. The van der Waals surface area contributed by atoms with Gasteiger partial charge in [-0.05, 0) is 38.0 Å². The second kappa shape index (κ2) is 30.1. The smallest absolute Gasteiger partial charge is 0.307 e. The number of unbranched alkanes of at least 4 members (excludes halogenated alkanes) is 4. The molecule has 0 aromatic heterocycles. The Labute approximate surface area is 305 Å². The van der Waals surface area contributed by atoms with Gasteiger partial charge >= 0.3 is 35.8 Å². The lowest BCUT2D eigenvalue weighted by Gasteiger charge is -2.33. The SMILES string of the molecule is CCCCC(C)C(OC(=O)CC(CC(=O)O)C(=O)O)C(CC(C)CCCCCCC(O)CC(O)C(C)N)OC(=O)CC(CC(=O)O)C(=O)O.O.O.O. The van der Waals surface area contributed by atoms with Crippen molar-refractivity contribution >= 4 is 35.8 Å². The van der Waals surface area contributed by atoms with Crippen LogP contribution in [0.25, 0.3) is 0 Å². The number of carboxylic acid groups (broad SMARTS) is 4. The first-order valence-corrected chi connectivity index (χ1v) is 17.3. The number of rotatable bonds is 29. The van der Waals surface area contributed by atoms with Gasteiger partial charge in [0.25, 0.3) is 0 Å². The second-order valence-corrected chi connectivity index (χ2v) is 13.4. The van der Waals surface area contributed by atoms with Gasteiger partial charge < -0.3 is 62.3 Å². The second-order valence-electron chi connectivity index (χ2n) is 13.4. The third kappa shape index (κ3) is 25.5. The Kier molecular flexibility index (Phi) is 32.0. The first-order chi connectivity index (χ1) is 22.9. The highest BCUT2D eigenvalue weighted by Crippen LogP contribution is 2.29. The molecule has 9 unspecified atom stereocenters. The van der Waals surface area contributed by atoms with E-state index in [-0.39, 0.29) is 35.2 Å². The summed E-state index contributed by atoms with van der Waals surface area (Å²) in [6.45, 7) is 7.31. The maximum Gasteiger partial charge on any atom is 0.307 e. The molecule has 0 saturated heterocycles. The molecule has 0 aromatic rings. The predicted octanol–water partition coefficient (Wildman–Crippen LogP) is 1.12. The summed E-state index contributed by atoms with van der Waals surface area (Å²) in [4.78, 5) is 71.6. The van der Waals surface area contributed by atoms with E-state index in [1.165, 1.54) is 0 Å². The van der Waals surface area contributed by atoms with Gasteiger partial charge in [0.05, 0.1) is 49.7 Å². The van der Waals surface area contributed by atoms with Gasteiger partial charge in [0.1, 0.15) is 12.2 Å². The molecule has 0 radical (unpaired) electrons. The van der Waals surface area contributed by atoms with Crippen LogP contribution in [-0.2, 0) is 38.2 Å². The summed E-state index contributed by atoms with van der Waals surface area (Å²) in [6.07, 6.45) is 0.203. The zero-order chi connectivity index (χ0) is 37.7. The first kappa shape index (κ1) is 55.3. The number of esters is 2. The molecule has 0 spiro atoms. The van der Waals surface area contributed by atoms with E-state index in [1.54, 1.807) is 13.8 Å². The lowest BCUT2D eigenvalue weighted by molar-refractivity contribution is -0.177. The normalized spacial score (nSPS) is 16.0. The Morgan fingerprint density at radius 2 is 1.08 bits per heavy atom. The van der Waals surface area contributed by atoms with Crippen molar-refractivity contribution in [1.82, 2.24) is 0 Å². The Hall–Kier alpha value is -3.42. The van der Waals surface area contributed by atoms with Gasteiger partial charge in [-0.2, -0.15) is 0 Å². The molecule has 0 aliphatic carbocycles. The van der Waals surface area contributed by atoms with E-state index in [0.29, 0.717) is 19.3 Å². The van der Waals surface area contributed by atoms with E-state index in [1.807, 2.05) is 13.8 Å². The highest BCUT2D eigenvalue weighted by Gasteiger charge is 2.37. The van der Waals surface area contributed by atoms with Crippen molar-refractivity contribution in [2.24, 2.45) is 29.4 Å². The van der Waals surface area contributed by atoms with Crippen molar-refractivity contribution in [3.63, 3.8) is 0 Å². The van der Waals surface area contributed by atoms with E-state index in [0.717, 1.165) is 38.5 Å². The van der Waals surface area contributed by atoms with E-state index in [2.05, 4.69) is 0 Å². The molecule has 9 atom stereocenters. The summed E-state index contributed by atoms with van der Waals surface area (Å²) in [5, 5.41) is 57.0. The predicted molar refractivity (Wildman–Crippen MR) is 187 cm³/mol.